The van der Waals surface area contributed by atoms with E-state index in [4.69, 9.17) is 9.84 Å². The van der Waals surface area contributed by atoms with Gasteiger partial charge in [-0.05, 0) is 45.7 Å². The first-order valence-electron chi connectivity index (χ1n) is 7.90. The summed E-state index contributed by atoms with van der Waals surface area (Å²) in [6, 6.07) is 1.96. The van der Waals surface area contributed by atoms with Gasteiger partial charge < -0.3 is 20.5 Å². The summed E-state index contributed by atoms with van der Waals surface area (Å²) in [5, 5.41) is 25.1. The van der Waals surface area contributed by atoms with Crippen LogP contribution in [-0.4, -0.2) is 40.3 Å². The third kappa shape index (κ3) is 7.32. The molecule has 0 aromatic heterocycles. The number of amides is 1. The molecular weight excluding hydrogens is 349 g/mol. The van der Waals surface area contributed by atoms with Crippen molar-refractivity contribution in [3.05, 3.63) is 34.1 Å². The van der Waals surface area contributed by atoms with Crippen LogP contribution in [0.1, 0.15) is 33.6 Å². The van der Waals surface area contributed by atoms with E-state index in [0.29, 0.717) is 6.42 Å². The number of benzene rings is 1. The van der Waals surface area contributed by atoms with Crippen LogP contribution in [0.2, 0.25) is 0 Å². The van der Waals surface area contributed by atoms with Gasteiger partial charge in [-0.15, -0.1) is 0 Å². The molecule has 0 aliphatic carbocycles. The number of alkyl carbamates (subject to hydrolysis) is 1. The summed E-state index contributed by atoms with van der Waals surface area (Å²) < 4.78 is 18.1. The minimum absolute atomic E-state index is 0.0799. The van der Waals surface area contributed by atoms with Crippen LogP contribution in [0.25, 0.3) is 0 Å². The molecular formula is C16H22FN3O6. The molecule has 9 nitrogen and oxygen atoms in total. The number of carboxylic acids is 1. The fraction of sp³-hybridized carbons (Fsp3) is 0.500. The van der Waals surface area contributed by atoms with Crippen LogP contribution in [0, 0.1) is 15.9 Å². The summed E-state index contributed by atoms with van der Waals surface area (Å²) in [7, 11) is 0. The molecule has 0 saturated heterocycles. The molecule has 0 spiro atoms. The average Bonchev–Trinajstić information content (AvgIpc) is 2.49. The molecule has 0 radical (unpaired) electrons. The number of hydrogen-bond acceptors (Lipinski definition) is 6. The predicted molar refractivity (Wildman–Crippen MR) is 91.6 cm³/mol. The van der Waals surface area contributed by atoms with Crippen LogP contribution in [0.3, 0.4) is 0 Å². The average molecular weight is 371 g/mol. The van der Waals surface area contributed by atoms with E-state index in [0.717, 1.165) is 12.1 Å². The molecule has 1 aromatic carbocycles. The number of carboxylic acid groups (broad SMARTS) is 1. The number of halogens is 1. The van der Waals surface area contributed by atoms with E-state index in [1.807, 2.05) is 0 Å². The number of hydrogen-bond donors (Lipinski definition) is 3. The van der Waals surface area contributed by atoms with Gasteiger partial charge in [-0.2, -0.15) is 0 Å². The number of anilines is 1. The van der Waals surface area contributed by atoms with E-state index < -0.39 is 40.1 Å². The Bertz CT molecular complexity index is 674. The molecule has 0 aliphatic heterocycles. The second kappa shape index (κ2) is 8.97. The molecule has 3 N–H and O–H groups in total. The van der Waals surface area contributed by atoms with Crippen molar-refractivity contribution >= 4 is 23.4 Å². The Morgan fingerprint density at radius 1 is 1.38 bits per heavy atom. The van der Waals surface area contributed by atoms with Gasteiger partial charge >= 0.3 is 12.1 Å². The van der Waals surface area contributed by atoms with Gasteiger partial charge in [0.2, 0.25) is 0 Å². The number of nitrogens with zero attached hydrogens (tertiary/aromatic N) is 1. The highest BCUT2D eigenvalue weighted by molar-refractivity contribution is 5.80. The number of nitro groups is 1. The van der Waals surface area contributed by atoms with Crippen LogP contribution in [0.5, 0.6) is 0 Å². The molecule has 1 atom stereocenters. The Balaban J connectivity index is 2.55. The zero-order chi connectivity index (χ0) is 19.9. The lowest BCUT2D eigenvalue weighted by atomic mass is 10.1. The summed E-state index contributed by atoms with van der Waals surface area (Å²) in [5.41, 5.74) is -1.04. The van der Waals surface area contributed by atoms with E-state index >= 15 is 0 Å². The lowest BCUT2D eigenvalue weighted by molar-refractivity contribution is -0.384. The zero-order valence-electron chi connectivity index (χ0n) is 14.7. The highest BCUT2D eigenvalue weighted by Gasteiger charge is 2.23. The summed E-state index contributed by atoms with van der Waals surface area (Å²) in [6.45, 7) is 5.16. The van der Waals surface area contributed by atoms with Crippen molar-refractivity contribution in [3.63, 3.8) is 0 Å². The minimum atomic E-state index is -1.22. The second-order valence-electron chi connectivity index (χ2n) is 6.52. The van der Waals surface area contributed by atoms with Crippen molar-refractivity contribution in [2.75, 3.05) is 11.9 Å². The molecule has 0 fully saturated rings. The Labute approximate surface area is 149 Å². The molecule has 0 saturated carbocycles. The van der Waals surface area contributed by atoms with Crippen LogP contribution < -0.4 is 10.6 Å². The maximum absolute atomic E-state index is 13.1. The van der Waals surface area contributed by atoms with Gasteiger partial charge in [-0.1, -0.05) is 0 Å². The van der Waals surface area contributed by atoms with Gasteiger partial charge in [-0.3, -0.25) is 10.1 Å². The molecule has 1 aromatic rings. The SMILES string of the molecule is CC(C)(C)OC(=O)N[C@@H](CCCNc1ccc(F)cc1[N+](=O)[O-])C(=O)O. The highest BCUT2D eigenvalue weighted by atomic mass is 19.1. The lowest BCUT2D eigenvalue weighted by Crippen LogP contribution is -2.43. The number of carbonyl (C=O) groups excluding carboxylic acids is 1. The van der Waals surface area contributed by atoms with Crippen molar-refractivity contribution in [2.45, 2.75) is 45.3 Å². The standard InChI is InChI=1S/C16H22FN3O6/c1-16(2,3)26-15(23)19-12(14(21)22)5-4-8-18-11-7-6-10(17)9-13(11)20(24)25/h6-7,9,12,18H,4-5,8H2,1-3H3,(H,19,23)(H,21,22)/t12-/m0/s1. The van der Waals surface area contributed by atoms with Gasteiger partial charge in [0.1, 0.15) is 23.1 Å². The van der Waals surface area contributed by atoms with E-state index in [2.05, 4.69) is 10.6 Å². The van der Waals surface area contributed by atoms with Crippen molar-refractivity contribution in [3.8, 4) is 0 Å². The first-order valence-corrected chi connectivity index (χ1v) is 7.90. The Hall–Kier alpha value is -2.91. The van der Waals surface area contributed by atoms with Crippen LogP contribution >= 0.6 is 0 Å². The Kier molecular flexibility index (Phi) is 7.29. The first kappa shape index (κ1) is 21.1. The summed E-state index contributed by atoms with van der Waals surface area (Å²) in [4.78, 5) is 33.1. The predicted octanol–water partition coefficient (Wildman–Crippen LogP) is 2.90. The molecule has 0 heterocycles. The largest absolute Gasteiger partial charge is 0.480 e. The maximum Gasteiger partial charge on any atom is 0.408 e. The monoisotopic (exact) mass is 371 g/mol. The van der Waals surface area contributed by atoms with Crippen molar-refractivity contribution in [1.29, 1.82) is 0 Å². The van der Waals surface area contributed by atoms with Crippen LogP contribution in [0.4, 0.5) is 20.6 Å². The number of nitro benzene ring substituents is 1. The molecule has 26 heavy (non-hydrogen) atoms. The summed E-state index contributed by atoms with van der Waals surface area (Å²) in [5.74, 6) is -1.95. The third-order valence-corrected chi connectivity index (χ3v) is 3.13. The van der Waals surface area contributed by atoms with Crippen LogP contribution in [-0.2, 0) is 9.53 Å². The summed E-state index contributed by atoms with van der Waals surface area (Å²) in [6.07, 6.45) is -0.468. The molecule has 144 valence electrons. The zero-order valence-corrected chi connectivity index (χ0v) is 14.7. The molecule has 0 bridgehead atoms. The smallest absolute Gasteiger partial charge is 0.408 e. The Morgan fingerprint density at radius 2 is 2.04 bits per heavy atom. The van der Waals surface area contributed by atoms with Gasteiger partial charge in [0.05, 0.1) is 11.0 Å². The number of rotatable bonds is 8. The first-order chi connectivity index (χ1) is 12.0. The number of carbonyl (C=O) groups is 2. The van der Waals surface area contributed by atoms with E-state index in [-0.39, 0.29) is 18.7 Å². The molecule has 0 aliphatic rings. The van der Waals surface area contributed by atoms with Gasteiger partial charge in [-0.25, -0.2) is 14.0 Å². The number of nitrogens with one attached hydrogen (secondary N) is 2. The minimum Gasteiger partial charge on any atom is -0.480 e. The van der Waals surface area contributed by atoms with Crippen molar-refractivity contribution < 1.29 is 28.7 Å². The second-order valence-corrected chi connectivity index (χ2v) is 6.52. The van der Waals surface area contributed by atoms with Crippen LogP contribution in [0.15, 0.2) is 18.2 Å². The quantitative estimate of drug-likeness (QED) is 0.364. The normalized spacial score (nSPS) is 12.2. The maximum atomic E-state index is 13.1. The fourth-order valence-electron chi connectivity index (χ4n) is 2.04. The third-order valence-electron chi connectivity index (χ3n) is 3.13. The topological polar surface area (TPSA) is 131 Å². The summed E-state index contributed by atoms with van der Waals surface area (Å²) >= 11 is 0. The molecule has 1 amide bonds. The molecule has 10 heteroatoms. The van der Waals surface area contributed by atoms with E-state index in [9.17, 15) is 24.1 Å². The fourth-order valence-corrected chi connectivity index (χ4v) is 2.04. The highest BCUT2D eigenvalue weighted by Crippen LogP contribution is 2.24. The van der Waals surface area contributed by atoms with E-state index in [1.165, 1.54) is 6.07 Å². The van der Waals surface area contributed by atoms with Crippen molar-refractivity contribution in [1.82, 2.24) is 5.32 Å². The van der Waals surface area contributed by atoms with Gasteiger partial charge in [0.15, 0.2) is 0 Å². The molecule has 0 unspecified atom stereocenters. The molecule has 1 rings (SSSR count). The Morgan fingerprint density at radius 3 is 2.58 bits per heavy atom. The number of ether oxygens (including phenoxy) is 1. The van der Waals surface area contributed by atoms with Crippen molar-refractivity contribution in [2.24, 2.45) is 0 Å². The number of aliphatic carboxylic acids is 1. The van der Waals surface area contributed by atoms with E-state index in [1.54, 1.807) is 20.8 Å². The van der Waals surface area contributed by atoms with Gasteiger partial charge in [0, 0.05) is 6.54 Å². The van der Waals surface area contributed by atoms with Gasteiger partial charge in [0.25, 0.3) is 5.69 Å². The lowest BCUT2D eigenvalue weighted by Gasteiger charge is -2.22.